The van der Waals surface area contributed by atoms with E-state index < -0.39 is 75.2 Å². The fourth-order valence-corrected chi connectivity index (χ4v) is 1.99. The van der Waals surface area contributed by atoms with Crippen LogP contribution in [-0.4, -0.2) is 18.0 Å². The van der Waals surface area contributed by atoms with Crippen LogP contribution in [0.3, 0.4) is 0 Å². The molecule has 0 aliphatic rings. The van der Waals surface area contributed by atoms with E-state index in [4.69, 9.17) is 0 Å². The molecule has 0 saturated carbocycles. The fourth-order valence-electron chi connectivity index (χ4n) is 1.99. The minimum Gasteiger partial charge on any atom is -0.448 e. The van der Waals surface area contributed by atoms with Gasteiger partial charge in [0.15, 0.2) is 17.2 Å². The van der Waals surface area contributed by atoms with Gasteiger partial charge in [-0.05, 0) is 0 Å². The third kappa shape index (κ3) is 2.82. The molecule has 1 heterocycles. The summed E-state index contributed by atoms with van der Waals surface area (Å²) in [7, 11) is 0. The van der Waals surface area contributed by atoms with E-state index in [2.05, 4.69) is 4.42 Å². The van der Waals surface area contributed by atoms with Crippen molar-refractivity contribution in [1.29, 1.82) is 0 Å². The van der Waals surface area contributed by atoms with Gasteiger partial charge in [-0.1, -0.05) is 0 Å². The van der Waals surface area contributed by atoms with Crippen molar-refractivity contribution in [2.24, 2.45) is 0 Å². The number of alkyl halides is 9. The summed E-state index contributed by atoms with van der Waals surface area (Å²) >= 11 is 0. The SMILES string of the molecule is O=c1c(F)c(C(F)(F)C(F)(F)C(F)(F)C(F)(F)F)oc2c(F)c(F)c(F)c(F)c12. The summed E-state index contributed by atoms with van der Waals surface area (Å²) in [5.41, 5.74) is -5.39. The van der Waals surface area contributed by atoms with Crippen molar-refractivity contribution >= 4 is 11.0 Å². The molecule has 2 aromatic rings. The monoisotopic (exact) mass is 454 g/mol. The highest BCUT2D eigenvalue weighted by molar-refractivity contribution is 5.78. The number of hydrogen-bond donors (Lipinski definition) is 0. The van der Waals surface area contributed by atoms with Crippen molar-refractivity contribution in [2.45, 2.75) is 23.9 Å². The van der Waals surface area contributed by atoms with Crippen LogP contribution in [0.15, 0.2) is 9.21 Å². The molecule has 0 aliphatic heterocycles. The molecule has 1 aromatic heterocycles. The van der Waals surface area contributed by atoms with Gasteiger partial charge in [-0.15, -0.1) is 0 Å². The summed E-state index contributed by atoms with van der Waals surface area (Å²) < 4.78 is 186. The van der Waals surface area contributed by atoms with Crippen LogP contribution in [0.4, 0.5) is 61.5 Å². The molecule has 0 amide bonds. The smallest absolute Gasteiger partial charge is 0.448 e. The Morgan fingerprint density at radius 2 is 1.03 bits per heavy atom. The van der Waals surface area contributed by atoms with Gasteiger partial charge in [0.25, 0.3) is 0 Å². The van der Waals surface area contributed by atoms with Crippen molar-refractivity contribution < 1.29 is 65.9 Å². The molecule has 1 aromatic carbocycles. The van der Waals surface area contributed by atoms with E-state index in [1.165, 1.54) is 0 Å². The summed E-state index contributed by atoms with van der Waals surface area (Å²) in [6.45, 7) is 0. The van der Waals surface area contributed by atoms with Crippen LogP contribution >= 0.6 is 0 Å². The van der Waals surface area contributed by atoms with E-state index in [9.17, 15) is 66.3 Å². The van der Waals surface area contributed by atoms with E-state index in [0.717, 1.165) is 0 Å². The van der Waals surface area contributed by atoms with Gasteiger partial charge in [-0.3, -0.25) is 4.79 Å². The van der Waals surface area contributed by atoms with Crippen molar-refractivity contribution in [3.8, 4) is 0 Å². The second kappa shape index (κ2) is 6.22. The molecule has 29 heavy (non-hydrogen) atoms. The molecule has 0 aliphatic carbocycles. The first kappa shape index (κ1) is 22.7. The van der Waals surface area contributed by atoms with Gasteiger partial charge in [0.1, 0.15) is 5.39 Å². The lowest BCUT2D eigenvalue weighted by molar-refractivity contribution is -0.402. The minimum absolute atomic E-state index is 2.27. The Kier molecular flexibility index (Phi) is 4.88. The quantitative estimate of drug-likeness (QED) is 0.353. The Morgan fingerprint density at radius 1 is 0.586 bits per heavy atom. The molecule has 0 atom stereocenters. The molecule has 2 rings (SSSR count). The highest BCUT2D eigenvalue weighted by atomic mass is 19.4. The van der Waals surface area contributed by atoms with Crippen LogP contribution in [0.25, 0.3) is 11.0 Å². The Bertz CT molecular complexity index is 1050. The number of fused-ring (bicyclic) bond motifs is 1. The maximum absolute atomic E-state index is 13.8. The Morgan fingerprint density at radius 3 is 1.48 bits per heavy atom. The van der Waals surface area contributed by atoms with Crippen LogP contribution in [0, 0.1) is 29.1 Å². The minimum atomic E-state index is -7.55. The zero-order chi connectivity index (χ0) is 22.9. The average molecular weight is 454 g/mol. The van der Waals surface area contributed by atoms with Gasteiger partial charge in [0.2, 0.25) is 28.6 Å². The third-order valence-electron chi connectivity index (χ3n) is 3.48. The lowest BCUT2D eigenvalue weighted by Gasteiger charge is -2.32. The summed E-state index contributed by atoms with van der Waals surface area (Å²) in [6, 6.07) is 0. The van der Waals surface area contributed by atoms with Crippen molar-refractivity contribution in [2.75, 3.05) is 0 Å². The molecule has 0 bridgehead atoms. The molecular weight excluding hydrogens is 454 g/mol. The largest absolute Gasteiger partial charge is 0.460 e. The maximum atomic E-state index is 13.8. The van der Waals surface area contributed by atoms with Gasteiger partial charge in [-0.2, -0.15) is 48.3 Å². The van der Waals surface area contributed by atoms with Gasteiger partial charge in [0, 0.05) is 0 Å². The van der Waals surface area contributed by atoms with Crippen molar-refractivity contribution in [3.63, 3.8) is 0 Å². The zero-order valence-electron chi connectivity index (χ0n) is 12.6. The van der Waals surface area contributed by atoms with Crippen LogP contribution in [-0.2, 0) is 5.92 Å². The van der Waals surface area contributed by atoms with Crippen LogP contribution in [0.2, 0.25) is 0 Å². The molecule has 0 unspecified atom stereocenters. The lowest BCUT2D eigenvalue weighted by atomic mass is 10.0. The molecule has 0 radical (unpaired) electrons. The summed E-state index contributed by atoms with van der Waals surface area (Å²) in [6.07, 6.45) is -7.33. The van der Waals surface area contributed by atoms with Crippen molar-refractivity contribution in [3.05, 3.63) is 45.1 Å². The second-order valence-electron chi connectivity index (χ2n) is 5.26. The summed E-state index contributed by atoms with van der Waals surface area (Å²) in [5.74, 6) is -40.4. The second-order valence-corrected chi connectivity index (χ2v) is 5.26. The fraction of sp³-hybridized carbons (Fsp3) is 0.308. The Labute approximate surface area is 147 Å². The van der Waals surface area contributed by atoms with Gasteiger partial charge < -0.3 is 4.42 Å². The number of rotatable bonds is 3. The number of hydrogen-bond acceptors (Lipinski definition) is 2. The van der Waals surface area contributed by atoms with Crippen LogP contribution in [0.5, 0.6) is 0 Å². The zero-order valence-corrected chi connectivity index (χ0v) is 12.6. The molecule has 162 valence electrons. The molecule has 16 heteroatoms. The predicted molar refractivity (Wildman–Crippen MR) is 62.1 cm³/mol. The van der Waals surface area contributed by atoms with Crippen LogP contribution in [0.1, 0.15) is 5.76 Å². The van der Waals surface area contributed by atoms with Crippen LogP contribution < -0.4 is 5.43 Å². The topological polar surface area (TPSA) is 30.2 Å². The lowest BCUT2D eigenvalue weighted by Crippen LogP contribution is -2.59. The predicted octanol–water partition coefficient (Wildman–Crippen LogP) is 5.41. The highest BCUT2D eigenvalue weighted by Crippen LogP contribution is 2.57. The van der Waals surface area contributed by atoms with E-state index in [-0.39, 0.29) is 0 Å². The number of benzene rings is 1. The molecule has 0 N–H and O–H groups in total. The summed E-state index contributed by atoms with van der Waals surface area (Å²) in [5, 5.41) is -2.27. The number of halogens is 14. The molecule has 0 fully saturated rings. The van der Waals surface area contributed by atoms with E-state index in [0.29, 0.717) is 0 Å². The third-order valence-corrected chi connectivity index (χ3v) is 3.48. The molecule has 0 saturated heterocycles. The van der Waals surface area contributed by atoms with E-state index >= 15 is 0 Å². The Hall–Kier alpha value is -2.55. The standard InChI is InChI=1S/C13F14O2/c14-2-1-7(28)6(18)9(29-8(1)5(17)4(16)3(2)15)10(19,20)11(21,22)12(23,24)13(25,26)27. The first-order chi connectivity index (χ1) is 12.8. The maximum Gasteiger partial charge on any atom is 0.460 e. The van der Waals surface area contributed by atoms with Gasteiger partial charge in [0.05, 0.1) is 0 Å². The van der Waals surface area contributed by atoms with Crippen molar-refractivity contribution in [1.82, 2.24) is 0 Å². The van der Waals surface area contributed by atoms with Gasteiger partial charge in [-0.25, -0.2) is 13.2 Å². The average Bonchev–Trinajstić information content (AvgIpc) is 2.58. The normalized spacial score (nSPS) is 14.0. The first-order valence-electron chi connectivity index (χ1n) is 6.51. The molecule has 2 nitrogen and oxygen atoms in total. The molecule has 0 spiro atoms. The summed E-state index contributed by atoms with van der Waals surface area (Å²) in [4.78, 5) is 11.5. The Balaban J connectivity index is 2.97. The highest BCUT2D eigenvalue weighted by Gasteiger charge is 2.83. The first-order valence-corrected chi connectivity index (χ1v) is 6.51. The van der Waals surface area contributed by atoms with Gasteiger partial charge >= 0.3 is 23.9 Å². The van der Waals surface area contributed by atoms with E-state index in [1.807, 2.05) is 0 Å². The molecular formula is C13F14O2. The van der Waals surface area contributed by atoms with E-state index in [1.54, 1.807) is 0 Å².